The number of benzene rings is 2. The van der Waals surface area contributed by atoms with Gasteiger partial charge in [-0.3, -0.25) is 4.79 Å². The van der Waals surface area contributed by atoms with Gasteiger partial charge < -0.3 is 10.1 Å². The second-order valence-electron chi connectivity index (χ2n) is 5.81. The highest BCUT2D eigenvalue weighted by atomic mass is 32.2. The fraction of sp³-hybridized carbons (Fsp3) is 0.263. The molecule has 0 radical (unpaired) electrons. The highest BCUT2D eigenvalue weighted by Crippen LogP contribution is 2.16. The molecule has 27 heavy (non-hydrogen) atoms. The molecule has 2 N–H and O–H groups in total. The summed E-state index contributed by atoms with van der Waals surface area (Å²) in [6.07, 6.45) is 1.60. The van der Waals surface area contributed by atoms with Crippen LogP contribution >= 0.6 is 0 Å². The summed E-state index contributed by atoms with van der Waals surface area (Å²) in [7, 11) is -2.40. The molecule has 0 saturated heterocycles. The smallest absolute Gasteiger partial charge is 0.337 e. The summed E-state index contributed by atoms with van der Waals surface area (Å²) in [4.78, 5) is 24.1. The van der Waals surface area contributed by atoms with Crippen LogP contribution in [0.1, 0.15) is 40.5 Å². The van der Waals surface area contributed by atoms with Crippen LogP contribution in [0.4, 0.5) is 5.69 Å². The van der Waals surface area contributed by atoms with Crippen molar-refractivity contribution in [1.29, 1.82) is 0 Å². The van der Waals surface area contributed by atoms with Crippen LogP contribution in [-0.4, -0.2) is 33.9 Å². The van der Waals surface area contributed by atoms with Crippen LogP contribution in [0.25, 0.3) is 0 Å². The lowest BCUT2D eigenvalue weighted by molar-refractivity contribution is 0.0600. The maximum Gasteiger partial charge on any atom is 0.337 e. The van der Waals surface area contributed by atoms with Gasteiger partial charge in [0.05, 0.1) is 17.6 Å². The zero-order valence-corrected chi connectivity index (χ0v) is 16.0. The fourth-order valence-corrected chi connectivity index (χ4v) is 3.44. The van der Waals surface area contributed by atoms with Crippen molar-refractivity contribution in [3.05, 3.63) is 59.7 Å². The van der Waals surface area contributed by atoms with Crippen LogP contribution in [0.15, 0.2) is 53.4 Å². The highest BCUT2D eigenvalue weighted by molar-refractivity contribution is 7.89. The summed E-state index contributed by atoms with van der Waals surface area (Å²) in [6, 6.07) is 12.1. The van der Waals surface area contributed by atoms with E-state index in [0.717, 1.165) is 12.8 Å². The number of rotatable bonds is 8. The number of unbranched alkanes of at least 4 members (excludes halogenated alkanes) is 1. The molecule has 1 amide bonds. The largest absolute Gasteiger partial charge is 0.465 e. The van der Waals surface area contributed by atoms with Crippen LogP contribution in [0.5, 0.6) is 0 Å². The molecule has 0 atom stereocenters. The molecular formula is C19H22N2O5S. The van der Waals surface area contributed by atoms with Crippen LogP contribution < -0.4 is 10.0 Å². The number of amides is 1. The molecule has 0 aliphatic heterocycles. The third kappa shape index (κ3) is 5.63. The van der Waals surface area contributed by atoms with Crippen molar-refractivity contribution >= 4 is 27.6 Å². The summed E-state index contributed by atoms with van der Waals surface area (Å²) in [5.41, 5.74) is 0.890. The Balaban J connectivity index is 2.17. The molecule has 144 valence electrons. The molecule has 7 nitrogen and oxygen atoms in total. The number of ether oxygens (including phenoxy) is 1. The molecule has 0 aromatic heterocycles. The summed E-state index contributed by atoms with van der Waals surface area (Å²) < 4.78 is 31.8. The van der Waals surface area contributed by atoms with E-state index in [1.54, 1.807) is 18.2 Å². The predicted octanol–water partition coefficient (Wildman–Crippen LogP) is 2.80. The molecular weight excluding hydrogens is 368 g/mol. The van der Waals surface area contributed by atoms with E-state index in [1.807, 2.05) is 6.92 Å². The maximum atomic E-state index is 12.5. The van der Waals surface area contributed by atoms with Gasteiger partial charge in [-0.2, -0.15) is 0 Å². The van der Waals surface area contributed by atoms with Gasteiger partial charge in [0, 0.05) is 17.8 Å². The standard InChI is InChI=1S/C19H22N2O5S/c1-3-4-11-20-27(24,25)17-10-6-7-14(13-17)18(22)21-16-9-5-8-15(12-16)19(23)26-2/h5-10,12-13,20H,3-4,11H2,1-2H3,(H,21,22). The van der Waals surface area contributed by atoms with Gasteiger partial charge in [0.25, 0.3) is 5.91 Å². The molecule has 2 rings (SSSR count). The van der Waals surface area contributed by atoms with Crippen molar-refractivity contribution in [2.45, 2.75) is 24.7 Å². The Bertz CT molecular complexity index is 925. The molecule has 2 aromatic rings. The molecule has 0 fully saturated rings. The van der Waals surface area contributed by atoms with Crippen molar-refractivity contribution in [3.8, 4) is 0 Å². The normalized spacial score (nSPS) is 11.0. The number of carbonyl (C=O) groups excluding carboxylic acids is 2. The molecule has 2 aromatic carbocycles. The van der Waals surface area contributed by atoms with E-state index < -0.39 is 21.9 Å². The quantitative estimate of drug-likeness (QED) is 0.533. The zero-order chi connectivity index (χ0) is 19.9. The lowest BCUT2D eigenvalue weighted by Gasteiger charge is -2.09. The van der Waals surface area contributed by atoms with Crippen molar-refractivity contribution in [2.75, 3.05) is 19.0 Å². The second-order valence-corrected chi connectivity index (χ2v) is 7.57. The first-order valence-corrected chi connectivity index (χ1v) is 9.95. The van der Waals surface area contributed by atoms with Gasteiger partial charge in [0.15, 0.2) is 0 Å². The second kappa shape index (κ2) is 9.29. The van der Waals surface area contributed by atoms with E-state index in [1.165, 1.54) is 37.4 Å². The number of hydrogen-bond acceptors (Lipinski definition) is 5. The van der Waals surface area contributed by atoms with Gasteiger partial charge in [-0.15, -0.1) is 0 Å². The number of esters is 1. The third-order valence-electron chi connectivity index (χ3n) is 3.77. The number of anilines is 1. The summed E-state index contributed by atoms with van der Waals surface area (Å²) >= 11 is 0. The van der Waals surface area contributed by atoms with Crippen LogP contribution in [0.3, 0.4) is 0 Å². The number of hydrogen-bond donors (Lipinski definition) is 2. The fourth-order valence-electron chi connectivity index (χ4n) is 2.32. The van der Waals surface area contributed by atoms with Gasteiger partial charge in [0.1, 0.15) is 0 Å². The molecule has 0 spiro atoms. The lowest BCUT2D eigenvalue weighted by Crippen LogP contribution is -2.25. The van der Waals surface area contributed by atoms with Crippen LogP contribution in [0, 0.1) is 0 Å². The first-order valence-electron chi connectivity index (χ1n) is 8.47. The zero-order valence-electron chi connectivity index (χ0n) is 15.2. The number of sulfonamides is 1. The first-order chi connectivity index (χ1) is 12.9. The highest BCUT2D eigenvalue weighted by Gasteiger charge is 2.16. The minimum Gasteiger partial charge on any atom is -0.465 e. The van der Waals surface area contributed by atoms with Crippen molar-refractivity contribution in [1.82, 2.24) is 4.72 Å². The van der Waals surface area contributed by atoms with E-state index >= 15 is 0 Å². The van der Waals surface area contributed by atoms with Crippen LogP contribution in [-0.2, 0) is 14.8 Å². The molecule has 0 aliphatic carbocycles. The monoisotopic (exact) mass is 390 g/mol. The lowest BCUT2D eigenvalue weighted by atomic mass is 10.1. The Morgan fingerprint density at radius 3 is 2.44 bits per heavy atom. The summed E-state index contributed by atoms with van der Waals surface area (Å²) in [5.74, 6) is -1.00. The topological polar surface area (TPSA) is 102 Å². The van der Waals surface area contributed by atoms with E-state index in [4.69, 9.17) is 0 Å². The van der Waals surface area contributed by atoms with Gasteiger partial charge in [-0.05, 0) is 42.8 Å². The van der Waals surface area contributed by atoms with E-state index in [9.17, 15) is 18.0 Å². The van der Waals surface area contributed by atoms with E-state index in [2.05, 4.69) is 14.8 Å². The molecule has 0 heterocycles. The van der Waals surface area contributed by atoms with E-state index in [0.29, 0.717) is 17.8 Å². The molecule has 0 unspecified atom stereocenters. The van der Waals surface area contributed by atoms with Crippen molar-refractivity contribution in [3.63, 3.8) is 0 Å². The van der Waals surface area contributed by atoms with Gasteiger partial charge in [-0.1, -0.05) is 25.5 Å². The van der Waals surface area contributed by atoms with Gasteiger partial charge >= 0.3 is 5.97 Å². The van der Waals surface area contributed by atoms with E-state index in [-0.39, 0.29) is 10.5 Å². The van der Waals surface area contributed by atoms with Crippen LogP contribution in [0.2, 0.25) is 0 Å². The molecule has 0 saturated carbocycles. The Morgan fingerprint density at radius 2 is 1.74 bits per heavy atom. The first kappa shape index (κ1) is 20.6. The Morgan fingerprint density at radius 1 is 1.04 bits per heavy atom. The third-order valence-corrected chi connectivity index (χ3v) is 5.23. The number of methoxy groups -OCH3 is 1. The van der Waals surface area contributed by atoms with Gasteiger partial charge in [-0.25, -0.2) is 17.9 Å². The summed E-state index contributed by atoms with van der Waals surface area (Å²) in [5, 5.41) is 2.65. The molecule has 0 bridgehead atoms. The summed E-state index contributed by atoms with van der Waals surface area (Å²) in [6.45, 7) is 2.31. The Hall–Kier alpha value is -2.71. The maximum absolute atomic E-state index is 12.5. The average Bonchev–Trinajstić information content (AvgIpc) is 2.67. The van der Waals surface area contributed by atoms with Crippen molar-refractivity contribution < 1.29 is 22.7 Å². The SMILES string of the molecule is CCCCNS(=O)(=O)c1cccc(C(=O)Nc2cccc(C(=O)OC)c2)c1. The number of nitrogens with one attached hydrogen (secondary N) is 2. The average molecular weight is 390 g/mol. The number of carbonyl (C=O) groups is 2. The Labute approximate surface area is 158 Å². The van der Waals surface area contributed by atoms with Crippen molar-refractivity contribution in [2.24, 2.45) is 0 Å². The molecule has 8 heteroatoms. The predicted molar refractivity (Wildman–Crippen MR) is 102 cm³/mol. The minimum absolute atomic E-state index is 0.0227. The van der Waals surface area contributed by atoms with Gasteiger partial charge in [0.2, 0.25) is 10.0 Å². The minimum atomic E-state index is -3.67. The molecule has 0 aliphatic rings. The Kier molecular flexibility index (Phi) is 7.09.